The van der Waals surface area contributed by atoms with Gasteiger partial charge in [-0.15, -0.1) is 10.2 Å². The number of aryl methyl sites for hydroxylation is 1. The van der Waals surface area contributed by atoms with E-state index in [4.69, 9.17) is 0 Å². The minimum absolute atomic E-state index is 0.0209. The zero-order valence-electron chi connectivity index (χ0n) is 20.0. The minimum Gasteiger partial charge on any atom is -0.318 e. The Morgan fingerprint density at radius 1 is 1.00 bits per heavy atom. The van der Waals surface area contributed by atoms with Crippen LogP contribution in [0.3, 0.4) is 0 Å². The van der Waals surface area contributed by atoms with Crippen LogP contribution in [0, 0.1) is 19.7 Å². The van der Waals surface area contributed by atoms with Crippen LogP contribution in [0.25, 0.3) is 11.4 Å². The molecule has 6 nitrogen and oxygen atoms in total. The molecule has 2 aromatic carbocycles. The van der Waals surface area contributed by atoms with E-state index in [1.165, 1.54) is 23.9 Å². The molecule has 0 spiro atoms. The van der Waals surface area contributed by atoms with Crippen molar-refractivity contribution in [2.24, 2.45) is 0 Å². The maximum Gasteiger partial charge on any atom is 0.196 e. The summed E-state index contributed by atoms with van der Waals surface area (Å²) < 4.78 is 17.5. The van der Waals surface area contributed by atoms with Crippen LogP contribution in [0.1, 0.15) is 40.5 Å². The third-order valence-electron chi connectivity index (χ3n) is 5.97. The SMILES string of the molecule is Cc1cc(C(=O)CSc2nnc([C@@H](C)N(C)C)n2-c2ccc(F)cc2)c(C)n1-c1ccccc1. The first-order valence-corrected chi connectivity index (χ1v) is 12.0. The number of carbonyl (C=O) groups is 1. The average Bonchev–Trinajstić information content (AvgIpc) is 3.38. The number of carbonyl (C=O) groups excluding carboxylic acids is 1. The molecule has 0 saturated heterocycles. The molecule has 34 heavy (non-hydrogen) atoms. The molecule has 0 amide bonds. The van der Waals surface area contributed by atoms with Crippen molar-refractivity contribution in [3.8, 4) is 11.4 Å². The van der Waals surface area contributed by atoms with Crippen molar-refractivity contribution in [1.29, 1.82) is 0 Å². The summed E-state index contributed by atoms with van der Waals surface area (Å²) in [5.41, 5.74) is 4.41. The molecule has 0 radical (unpaired) electrons. The van der Waals surface area contributed by atoms with Crippen LogP contribution < -0.4 is 0 Å². The molecule has 2 aromatic heterocycles. The number of nitrogens with zero attached hydrogens (tertiary/aromatic N) is 5. The summed E-state index contributed by atoms with van der Waals surface area (Å²) in [7, 11) is 3.93. The molecule has 8 heteroatoms. The third kappa shape index (κ3) is 4.69. The predicted molar refractivity (Wildman–Crippen MR) is 134 cm³/mol. The van der Waals surface area contributed by atoms with Gasteiger partial charge in [-0.3, -0.25) is 14.3 Å². The van der Waals surface area contributed by atoms with Crippen molar-refractivity contribution in [1.82, 2.24) is 24.2 Å². The van der Waals surface area contributed by atoms with Gasteiger partial charge in [0.25, 0.3) is 0 Å². The first-order chi connectivity index (χ1) is 16.3. The number of benzene rings is 2. The maximum atomic E-state index is 13.6. The Bertz CT molecular complexity index is 1290. The summed E-state index contributed by atoms with van der Waals surface area (Å²) in [6.45, 7) is 6.00. The molecular formula is C26H28FN5OS. The highest BCUT2D eigenvalue weighted by Crippen LogP contribution is 2.28. The lowest BCUT2D eigenvalue weighted by atomic mass is 10.2. The van der Waals surface area contributed by atoms with Crippen LogP contribution in [-0.4, -0.2) is 49.9 Å². The fourth-order valence-electron chi connectivity index (χ4n) is 3.94. The summed E-state index contributed by atoms with van der Waals surface area (Å²) in [6.07, 6.45) is 0. The fourth-order valence-corrected chi connectivity index (χ4v) is 4.78. The Morgan fingerprint density at radius 3 is 2.29 bits per heavy atom. The van der Waals surface area contributed by atoms with E-state index in [0.29, 0.717) is 10.7 Å². The molecule has 0 bridgehead atoms. The van der Waals surface area contributed by atoms with Gasteiger partial charge >= 0.3 is 0 Å². The van der Waals surface area contributed by atoms with Crippen LogP contribution >= 0.6 is 11.8 Å². The van der Waals surface area contributed by atoms with Gasteiger partial charge in [0.2, 0.25) is 0 Å². The first-order valence-electron chi connectivity index (χ1n) is 11.1. The number of ketones is 1. The lowest BCUT2D eigenvalue weighted by Gasteiger charge is -2.20. The topological polar surface area (TPSA) is 56.0 Å². The summed E-state index contributed by atoms with van der Waals surface area (Å²) in [4.78, 5) is 15.3. The number of hydrogen-bond donors (Lipinski definition) is 0. The monoisotopic (exact) mass is 477 g/mol. The minimum atomic E-state index is -0.308. The van der Waals surface area contributed by atoms with E-state index in [-0.39, 0.29) is 23.4 Å². The Hall–Kier alpha value is -3.23. The second kappa shape index (κ2) is 9.95. The van der Waals surface area contributed by atoms with E-state index >= 15 is 0 Å². The van der Waals surface area contributed by atoms with Gasteiger partial charge in [-0.25, -0.2) is 4.39 Å². The van der Waals surface area contributed by atoms with Crippen LogP contribution in [0.2, 0.25) is 0 Å². The number of hydrogen-bond acceptors (Lipinski definition) is 5. The van der Waals surface area contributed by atoms with Crippen LogP contribution in [0.4, 0.5) is 4.39 Å². The van der Waals surface area contributed by atoms with Crippen molar-refractivity contribution in [2.45, 2.75) is 32.0 Å². The van der Waals surface area contributed by atoms with Crippen LogP contribution in [-0.2, 0) is 0 Å². The van der Waals surface area contributed by atoms with Crippen LogP contribution in [0.15, 0.2) is 65.8 Å². The number of Topliss-reactive ketones (excluding diaryl/α,β-unsaturated/α-hetero) is 1. The summed E-state index contributed by atoms with van der Waals surface area (Å²) in [6, 6.07) is 18.2. The molecule has 0 unspecified atom stereocenters. The molecule has 176 valence electrons. The van der Waals surface area contributed by atoms with Crippen LogP contribution in [0.5, 0.6) is 0 Å². The molecule has 0 fully saturated rings. The molecule has 4 aromatic rings. The molecule has 0 saturated carbocycles. The molecule has 2 heterocycles. The zero-order chi connectivity index (χ0) is 24.4. The Kier molecular flexibility index (Phi) is 7.00. The number of rotatable bonds is 8. The van der Waals surface area contributed by atoms with Gasteiger partial charge in [-0.05, 0) is 77.3 Å². The second-order valence-corrected chi connectivity index (χ2v) is 9.40. The van der Waals surface area contributed by atoms with E-state index < -0.39 is 0 Å². The average molecular weight is 478 g/mol. The summed E-state index contributed by atoms with van der Waals surface area (Å²) in [5.74, 6) is 0.663. The standard InChI is InChI=1S/C26H28FN5OS/c1-17-15-23(18(2)31(17)21-9-7-6-8-10-21)24(33)16-34-26-29-28-25(19(3)30(4)5)32(26)22-13-11-20(27)12-14-22/h6-15,19H,16H2,1-5H3/t19-/m1/s1. The second-order valence-electron chi connectivity index (χ2n) is 8.46. The summed E-state index contributed by atoms with van der Waals surface area (Å²) in [5, 5.41) is 9.38. The lowest BCUT2D eigenvalue weighted by Crippen LogP contribution is -2.20. The van der Waals surface area contributed by atoms with Crippen molar-refractivity contribution in [3.05, 3.63) is 89.3 Å². The van der Waals surface area contributed by atoms with Crippen molar-refractivity contribution in [3.63, 3.8) is 0 Å². The fraction of sp³-hybridized carbons (Fsp3) is 0.269. The number of para-hydroxylation sites is 1. The van der Waals surface area contributed by atoms with E-state index in [0.717, 1.165) is 28.6 Å². The van der Waals surface area contributed by atoms with E-state index in [1.54, 1.807) is 12.1 Å². The molecule has 0 aliphatic heterocycles. The molecule has 0 aliphatic carbocycles. The number of aromatic nitrogens is 4. The molecule has 0 N–H and O–H groups in total. The Labute approximate surface area is 203 Å². The third-order valence-corrected chi connectivity index (χ3v) is 6.90. The van der Waals surface area contributed by atoms with Gasteiger partial charge in [0.1, 0.15) is 5.82 Å². The van der Waals surface area contributed by atoms with Gasteiger partial charge in [0.05, 0.1) is 11.8 Å². The van der Waals surface area contributed by atoms with E-state index in [1.807, 2.05) is 80.7 Å². The zero-order valence-corrected chi connectivity index (χ0v) is 20.8. The van der Waals surface area contributed by atoms with Crippen molar-refractivity contribution < 1.29 is 9.18 Å². The maximum absolute atomic E-state index is 13.6. The molecular weight excluding hydrogens is 449 g/mol. The Morgan fingerprint density at radius 2 is 1.65 bits per heavy atom. The van der Waals surface area contributed by atoms with Crippen molar-refractivity contribution >= 4 is 17.5 Å². The summed E-state index contributed by atoms with van der Waals surface area (Å²) >= 11 is 1.34. The highest BCUT2D eigenvalue weighted by atomic mass is 32.2. The van der Waals surface area contributed by atoms with E-state index in [2.05, 4.69) is 14.8 Å². The van der Waals surface area contributed by atoms with Gasteiger partial charge in [0.15, 0.2) is 16.8 Å². The number of halogens is 1. The van der Waals surface area contributed by atoms with Gasteiger partial charge in [0, 0.05) is 28.3 Å². The van der Waals surface area contributed by atoms with Gasteiger partial charge in [-0.1, -0.05) is 30.0 Å². The smallest absolute Gasteiger partial charge is 0.196 e. The largest absolute Gasteiger partial charge is 0.318 e. The Balaban J connectivity index is 1.62. The predicted octanol–water partition coefficient (Wildman–Crippen LogP) is 5.41. The highest BCUT2D eigenvalue weighted by molar-refractivity contribution is 7.99. The quantitative estimate of drug-likeness (QED) is 0.251. The van der Waals surface area contributed by atoms with Gasteiger partial charge in [-0.2, -0.15) is 0 Å². The van der Waals surface area contributed by atoms with E-state index in [9.17, 15) is 9.18 Å². The highest BCUT2D eigenvalue weighted by Gasteiger charge is 2.23. The molecule has 0 aliphatic rings. The van der Waals surface area contributed by atoms with Gasteiger partial charge < -0.3 is 4.57 Å². The first kappa shape index (κ1) is 23.9. The number of thioether (sulfide) groups is 1. The lowest BCUT2D eigenvalue weighted by molar-refractivity contribution is 0.102. The molecule has 1 atom stereocenters. The normalized spacial score (nSPS) is 12.3. The molecule has 4 rings (SSSR count). The van der Waals surface area contributed by atoms with Crippen molar-refractivity contribution in [2.75, 3.05) is 19.8 Å².